The minimum absolute atomic E-state index is 0.0375. The van der Waals surface area contributed by atoms with E-state index >= 15 is 0 Å². The van der Waals surface area contributed by atoms with E-state index in [2.05, 4.69) is 42.0 Å². The Morgan fingerprint density at radius 2 is 1.44 bits per heavy atom. The van der Waals surface area contributed by atoms with Gasteiger partial charge in [0, 0.05) is 31.3 Å². The highest BCUT2D eigenvalue weighted by molar-refractivity contribution is 5.80. The maximum absolute atomic E-state index is 10.9. The van der Waals surface area contributed by atoms with E-state index in [1.807, 2.05) is 6.92 Å². The zero-order valence-corrected chi connectivity index (χ0v) is 21.0. The molecular weight excluding hydrogens is 402 g/mol. The molecular formula is C25H47N5O2. The molecule has 3 fully saturated rings. The van der Waals surface area contributed by atoms with E-state index in [9.17, 15) is 9.59 Å². The summed E-state index contributed by atoms with van der Waals surface area (Å²) in [7, 11) is 0. The Hall–Kier alpha value is -1.49. The van der Waals surface area contributed by atoms with Crippen molar-refractivity contribution in [1.82, 2.24) is 15.1 Å². The fourth-order valence-corrected chi connectivity index (χ4v) is 4.27. The molecule has 0 saturated carbocycles. The Bertz CT molecular complexity index is 592. The number of primary amides is 1. The van der Waals surface area contributed by atoms with E-state index in [0.717, 1.165) is 84.3 Å². The molecule has 0 atom stereocenters. The van der Waals surface area contributed by atoms with Crippen LogP contribution in [-0.2, 0) is 9.59 Å². The summed E-state index contributed by atoms with van der Waals surface area (Å²) in [5.74, 6) is 0.279. The number of nitrogens with two attached hydrogens (primary N) is 1. The van der Waals surface area contributed by atoms with Gasteiger partial charge >= 0.3 is 0 Å². The first kappa shape index (κ1) is 28.5. The number of hydrogen-bond donors (Lipinski definition) is 2. The Kier molecular flexibility index (Phi) is 13.0. The first-order chi connectivity index (χ1) is 15.2. The molecule has 0 aromatic rings. The Labute approximate surface area is 196 Å². The van der Waals surface area contributed by atoms with Gasteiger partial charge in [-0.3, -0.25) is 9.59 Å². The summed E-state index contributed by atoms with van der Waals surface area (Å²) in [5.41, 5.74) is 4.95. The van der Waals surface area contributed by atoms with Crippen LogP contribution in [0.3, 0.4) is 0 Å². The molecule has 0 aromatic carbocycles. The molecule has 7 heteroatoms. The second-order valence-electron chi connectivity index (χ2n) is 10.1. The molecule has 3 rings (SSSR count). The highest BCUT2D eigenvalue weighted by atomic mass is 16.1. The Morgan fingerprint density at radius 3 is 1.81 bits per heavy atom. The molecule has 32 heavy (non-hydrogen) atoms. The first-order valence-corrected chi connectivity index (χ1v) is 12.6. The van der Waals surface area contributed by atoms with Crippen molar-refractivity contribution >= 4 is 11.7 Å². The van der Waals surface area contributed by atoms with Crippen LogP contribution in [0, 0.1) is 22.2 Å². The van der Waals surface area contributed by atoms with E-state index < -0.39 is 0 Å². The number of rotatable bonds is 5. The van der Waals surface area contributed by atoms with Crippen LogP contribution >= 0.6 is 0 Å². The number of Topliss-reactive ketones (excluding diaryl/α,β-unsaturated/α-hetero) is 1. The van der Waals surface area contributed by atoms with Gasteiger partial charge < -0.3 is 20.9 Å². The van der Waals surface area contributed by atoms with Crippen molar-refractivity contribution in [2.45, 2.75) is 79.1 Å². The topological polar surface area (TPSA) is 102 Å². The fourth-order valence-electron chi connectivity index (χ4n) is 4.27. The summed E-state index contributed by atoms with van der Waals surface area (Å²) in [6, 6.07) is 2.42. The smallest absolute Gasteiger partial charge is 0.223 e. The summed E-state index contributed by atoms with van der Waals surface area (Å²) in [4.78, 5) is 26.5. The quantitative estimate of drug-likeness (QED) is 0.669. The molecule has 0 radical (unpaired) electrons. The molecule has 0 aliphatic carbocycles. The Morgan fingerprint density at radius 1 is 0.969 bits per heavy atom. The second kappa shape index (κ2) is 14.6. The van der Waals surface area contributed by atoms with E-state index in [4.69, 9.17) is 11.0 Å². The Balaban J connectivity index is 0.000000241. The molecule has 3 aliphatic heterocycles. The number of nitrogens with zero attached hydrogens (tertiary/aromatic N) is 3. The number of carbonyl (C=O) groups is 2. The van der Waals surface area contributed by atoms with E-state index in [1.165, 1.54) is 19.4 Å². The van der Waals surface area contributed by atoms with E-state index in [-0.39, 0.29) is 16.7 Å². The molecule has 0 bridgehead atoms. The van der Waals surface area contributed by atoms with Gasteiger partial charge in [0.25, 0.3) is 0 Å². The van der Waals surface area contributed by atoms with Gasteiger partial charge in [-0.15, -0.1) is 0 Å². The van der Waals surface area contributed by atoms with Crippen molar-refractivity contribution < 1.29 is 9.59 Å². The van der Waals surface area contributed by atoms with Gasteiger partial charge in [0.1, 0.15) is 5.78 Å². The molecule has 3 N–H and O–H groups in total. The van der Waals surface area contributed by atoms with Crippen molar-refractivity contribution in [3.05, 3.63) is 0 Å². The van der Waals surface area contributed by atoms with Gasteiger partial charge in [0.2, 0.25) is 5.91 Å². The number of amides is 1. The zero-order chi connectivity index (χ0) is 24.0. The maximum Gasteiger partial charge on any atom is 0.223 e. The van der Waals surface area contributed by atoms with Crippen LogP contribution in [0.2, 0.25) is 0 Å². The molecule has 0 spiro atoms. The summed E-state index contributed by atoms with van der Waals surface area (Å²) < 4.78 is 0. The van der Waals surface area contributed by atoms with Crippen LogP contribution < -0.4 is 11.1 Å². The summed E-state index contributed by atoms with van der Waals surface area (Å²) >= 11 is 0. The van der Waals surface area contributed by atoms with Crippen molar-refractivity contribution in [1.29, 1.82) is 5.26 Å². The number of ketones is 1. The average molecular weight is 450 g/mol. The summed E-state index contributed by atoms with van der Waals surface area (Å²) in [5, 5.41) is 12.1. The van der Waals surface area contributed by atoms with Crippen molar-refractivity contribution in [3.63, 3.8) is 0 Å². The van der Waals surface area contributed by atoms with Gasteiger partial charge in [-0.1, -0.05) is 20.8 Å². The van der Waals surface area contributed by atoms with Crippen LogP contribution in [0.4, 0.5) is 0 Å². The number of hydrogen-bond acceptors (Lipinski definition) is 6. The van der Waals surface area contributed by atoms with Gasteiger partial charge in [-0.2, -0.15) is 5.26 Å². The van der Waals surface area contributed by atoms with Crippen molar-refractivity contribution in [2.75, 3.05) is 52.4 Å². The number of nitrogens with one attached hydrogen (secondary N) is 1. The van der Waals surface area contributed by atoms with Crippen LogP contribution in [-0.4, -0.2) is 73.8 Å². The van der Waals surface area contributed by atoms with Crippen LogP contribution in [0.15, 0.2) is 0 Å². The van der Waals surface area contributed by atoms with Crippen LogP contribution in [0.5, 0.6) is 0 Å². The highest BCUT2D eigenvalue weighted by Gasteiger charge is 2.32. The predicted octanol–water partition coefficient (Wildman–Crippen LogP) is 2.94. The van der Waals surface area contributed by atoms with Crippen molar-refractivity contribution in [2.24, 2.45) is 16.6 Å². The predicted molar refractivity (Wildman–Crippen MR) is 130 cm³/mol. The van der Waals surface area contributed by atoms with E-state index in [1.54, 1.807) is 0 Å². The van der Waals surface area contributed by atoms with Gasteiger partial charge in [-0.25, -0.2) is 0 Å². The zero-order valence-electron chi connectivity index (χ0n) is 21.0. The molecule has 3 aliphatic rings. The SMILES string of the molecule is CC1(C(N)=O)CCNCC1.CCCN1CCC(=O)CC1.CCCN1CCC(C)(C#N)CC1. The third kappa shape index (κ3) is 10.4. The standard InChI is InChI=1S/C10H18N2.C8H15NO.C7H14N2O/c1-3-6-12-7-4-10(2,9-11)5-8-12;1-2-5-9-6-3-8(10)4-7-9;1-7(6(8)10)2-4-9-5-3-7/h3-8H2,1-2H3;2-7H2,1H3;9H,2-5H2,1H3,(H2,8,10). The minimum Gasteiger partial charge on any atom is -0.369 e. The van der Waals surface area contributed by atoms with Crippen molar-refractivity contribution in [3.8, 4) is 6.07 Å². The lowest BCUT2D eigenvalue weighted by Gasteiger charge is -2.34. The number of likely N-dealkylation sites (tertiary alicyclic amines) is 2. The monoisotopic (exact) mass is 449 g/mol. The van der Waals surface area contributed by atoms with Gasteiger partial charge in [0.05, 0.1) is 11.5 Å². The third-order valence-electron chi connectivity index (χ3n) is 7.02. The lowest BCUT2D eigenvalue weighted by Crippen LogP contribution is -2.43. The van der Waals surface area contributed by atoms with Gasteiger partial charge in [0.15, 0.2) is 0 Å². The van der Waals surface area contributed by atoms with E-state index in [0.29, 0.717) is 5.78 Å². The van der Waals surface area contributed by atoms with Crippen LogP contribution in [0.25, 0.3) is 0 Å². The molecule has 3 saturated heterocycles. The average Bonchev–Trinajstić information content (AvgIpc) is 2.79. The summed E-state index contributed by atoms with van der Waals surface area (Å²) in [6.07, 6.45) is 7.83. The molecule has 0 unspecified atom stereocenters. The summed E-state index contributed by atoms with van der Waals surface area (Å²) in [6.45, 7) is 16.8. The first-order valence-electron chi connectivity index (χ1n) is 12.6. The lowest BCUT2D eigenvalue weighted by atomic mass is 9.80. The lowest BCUT2D eigenvalue weighted by molar-refractivity contribution is -0.128. The number of carbonyl (C=O) groups excluding carboxylic acids is 2. The normalized spacial score (nSPS) is 23.0. The van der Waals surface area contributed by atoms with Gasteiger partial charge in [-0.05, 0) is 84.7 Å². The maximum atomic E-state index is 10.9. The molecule has 0 aromatic heterocycles. The highest BCUT2D eigenvalue weighted by Crippen LogP contribution is 2.29. The van der Waals surface area contributed by atoms with Crippen LogP contribution in [0.1, 0.15) is 79.1 Å². The number of piperidine rings is 3. The minimum atomic E-state index is -0.245. The molecule has 1 amide bonds. The second-order valence-corrected chi connectivity index (χ2v) is 10.1. The largest absolute Gasteiger partial charge is 0.369 e. The molecule has 7 nitrogen and oxygen atoms in total. The molecule has 3 heterocycles. The number of nitriles is 1. The fraction of sp³-hybridized carbons (Fsp3) is 0.880. The third-order valence-corrected chi connectivity index (χ3v) is 7.02. The molecule has 184 valence electrons.